The van der Waals surface area contributed by atoms with Crippen molar-refractivity contribution in [3.05, 3.63) is 35.9 Å². The Morgan fingerprint density at radius 3 is 2.47 bits per heavy atom. The van der Waals surface area contributed by atoms with Crippen LogP contribution in [-0.2, 0) is 16.2 Å². The maximum Gasteiger partial charge on any atom is 0.0933 e. The van der Waals surface area contributed by atoms with Crippen LogP contribution in [-0.4, -0.2) is 18.2 Å². The molecule has 2 rings (SSSR count). The van der Waals surface area contributed by atoms with E-state index < -0.39 is 0 Å². The fourth-order valence-electron chi connectivity index (χ4n) is 2.32. The van der Waals surface area contributed by atoms with Gasteiger partial charge in [0.15, 0.2) is 0 Å². The predicted molar refractivity (Wildman–Crippen MR) is 67.4 cm³/mol. The molecule has 1 aliphatic rings. The maximum atomic E-state index is 5.69. The number of hydroxylamine groups is 1. The summed E-state index contributed by atoms with van der Waals surface area (Å²) < 4.78 is 5.69. The van der Waals surface area contributed by atoms with E-state index in [0.29, 0.717) is 24.9 Å². The van der Waals surface area contributed by atoms with Crippen molar-refractivity contribution >= 4 is 0 Å². The Labute approximate surface area is 103 Å². The highest BCUT2D eigenvalue weighted by atomic mass is 16.6. The van der Waals surface area contributed by atoms with Gasteiger partial charge in [0.25, 0.3) is 0 Å². The van der Waals surface area contributed by atoms with Crippen LogP contribution in [0.3, 0.4) is 0 Å². The summed E-state index contributed by atoms with van der Waals surface area (Å²) in [7, 11) is 0. The number of ether oxygens (including phenoxy) is 1. The van der Waals surface area contributed by atoms with Crippen LogP contribution < -0.4 is 5.48 Å². The third kappa shape index (κ3) is 4.11. The maximum absolute atomic E-state index is 5.69. The molecule has 1 saturated heterocycles. The summed E-state index contributed by atoms with van der Waals surface area (Å²) >= 11 is 0. The van der Waals surface area contributed by atoms with Crippen LogP contribution in [0.4, 0.5) is 0 Å². The molecule has 94 valence electrons. The first-order valence-electron chi connectivity index (χ1n) is 6.30. The van der Waals surface area contributed by atoms with Crippen LogP contribution >= 0.6 is 0 Å². The van der Waals surface area contributed by atoms with E-state index in [4.69, 9.17) is 9.57 Å². The second-order valence-electron chi connectivity index (χ2n) is 4.82. The SMILES string of the molecule is CC1CC(NOCc2ccccc2)CC(C)O1. The van der Waals surface area contributed by atoms with Crippen LogP contribution in [0.1, 0.15) is 32.3 Å². The average molecular weight is 235 g/mol. The molecule has 0 saturated carbocycles. The summed E-state index contributed by atoms with van der Waals surface area (Å²) in [6.45, 7) is 4.84. The first-order valence-corrected chi connectivity index (χ1v) is 6.30. The summed E-state index contributed by atoms with van der Waals surface area (Å²) in [4.78, 5) is 5.55. The Bertz CT molecular complexity index is 318. The summed E-state index contributed by atoms with van der Waals surface area (Å²) in [5.74, 6) is 0. The lowest BCUT2D eigenvalue weighted by Crippen LogP contribution is -2.41. The topological polar surface area (TPSA) is 30.5 Å². The Morgan fingerprint density at radius 2 is 1.82 bits per heavy atom. The molecule has 0 bridgehead atoms. The quantitative estimate of drug-likeness (QED) is 0.814. The summed E-state index contributed by atoms with van der Waals surface area (Å²) in [5.41, 5.74) is 4.34. The standard InChI is InChI=1S/C14H21NO2/c1-11-8-14(9-12(2)17-11)15-16-10-13-6-4-3-5-7-13/h3-7,11-12,14-15H,8-10H2,1-2H3. The summed E-state index contributed by atoms with van der Waals surface area (Å²) in [6, 6.07) is 10.6. The summed E-state index contributed by atoms with van der Waals surface area (Å²) in [6.07, 6.45) is 2.66. The zero-order chi connectivity index (χ0) is 12.1. The van der Waals surface area contributed by atoms with E-state index >= 15 is 0 Å². The highest BCUT2D eigenvalue weighted by Crippen LogP contribution is 2.19. The number of rotatable bonds is 4. The van der Waals surface area contributed by atoms with Crippen LogP contribution in [0.15, 0.2) is 30.3 Å². The van der Waals surface area contributed by atoms with Gasteiger partial charge in [-0.1, -0.05) is 30.3 Å². The lowest BCUT2D eigenvalue weighted by atomic mass is 10.0. The van der Waals surface area contributed by atoms with Crippen LogP contribution in [0.5, 0.6) is 0 Å². The van der Waals surface area contributed by atoms with E-state index in [1.165, 1.54) is 5.56 Å². The molecule has 2 atom stereocenters. The van der Waals surface area contributed by atoms with E-state index in [2.05, 4.69) is 31.5 Å². The molecule has 0 aromatic heterocycles. The number of hydrogen-bond donors (Lipinski definition) is 1. The predicted octanol–water partition coefficient (Wildman–Crippen LogP) is 2.66. The van der Waals surface area contributed by atoms with Gasteiger partial charge in [0, 0.05) is 6.04 Å². The molecule has 0 aliphatic carbocycles. The van der Waals surface area contributed by atoms with E-state index in [9.17, 15) is 0 Å². The molecule has 2 unspecified atom stereocenters. The highest BCUT2D eigenvalue weighted by molar-refractivity contribution is 5.13. The van der Waals surface area contributed by atoms with Crippen molar-refractivity contribution in [3.63, 3.8) is 0 Å². The minimum Gasteiger partial charge on any atom is -0.375 e. The molecule has 1 heterocycles. The molecule has 3 heteroatoms. The molecular formula is C14H21NO2. The molecule has 1 fully saturated rings. The van der Waals surface area contributed by atoms with E-state index in [1.54, 1.807) is 0 Å². The molecule has 1 aromatic carbocycles. The van der Waals surface area contributed by atoms with Crippen LogP contribution in [0, 0.1) is 0 Å². The smallest absolute Gasteiger partial charge is 0.0933 e. The Kier molecular flexibility index (Phi) is 4.54. The minimum atomic E-state index is 0.316. The van der Waals surface area contributed by atoms with Gasteiger partial charge in [0.1, 0.15) is 0 Å². The molecule has 1 aliphatic heterocycles. The monoisotopic (exact) mass is 235 g/mol. The van der Waals surface area contributed by atoms with Gasteiger partial charge in [-0.3, -0.25) is 4.84 Å². The van der Waals surface area contributed by atoms with Gasteiger partial charge in [-0.2, -0.15) is 5.48 Å². The van der Waals surface area contributed by atoms with Crippen molar-refractivity contribution in [3.8, 4) is 0 Å². The van der Waals surface area contributed by atoms with Crippen molar-refractivity contribution in [2.24, 2.45) is 0 Å². The number of benzene rings is 1. The fourth-order valence-corrected chi connectivity index (χ4v) is 2.32. The second-order valence-corrected chi connectivity index (χ2v) is 4.82. The van der Waals surface area contributed by atoms with Gasteiger partial charge >= 0.3 is 0 Å². The zero-order valence-electron chi connectivity index (χ0n) is 10.6. The van der Waals surface area contributed by atoms with Crippen LogP contribution in [0.25, 0.3) is 0 Å². The molecule has 0 spiro atoms. The zero-order valence-corrected chi connectivity index (χ0v) is 10.6. The van der Waals surface area contributed by atoms with Crippen molar-refractivity contribution in [2.45, 2.75) is 51.5 Å². The van der Waals surface area contributed by atoms with E-state index in [0.717, 1.165) is 12.8 Å². The van der Waals surface area contributed by atoms with Crippen molar-refractivity contribution in [1.29, 1.82) is 0 Å². The normalized spacial score (nSPS) is 29.2. The molecule has 1 aromatic rings. The molecular weight excluding hydrogens is 214 g/mol. The number of nitrogens with one attached hydrogen (secondary N) is 1. The molecule has 0 amide bonds. The first kappa shape index (κ1) is 12.6. The van der Waals surface area contributed by atoms with Crippen molar-refractivity contribution in [2.75, 3.05) is 0 Å². The first-order chi connectivity index (χ1) is 8.24. The largest absolute Gasteiger partial charge is 0.375 e. The molecule has 17 heavy (non-hydrogen) atoms. The Hall–Kier alpha value is -0.900. The molecule has 3 nitrogen and oxygen atoms in total. The van der Waals surface area contributed by atoms with Crippen molar-refractivity contribution < 1.29 is 9.57 Å². The average Bonchev–Trinajstić information content (AvgIpc) is 2.29. The number of hydrogen-bond acceptors (Lipinski definition) is 3. The van der Waals surface area contributed by atoms with Gasteiger partial charge in [-0.15, -0.1) is 0 Å². The highest BCUT2D eigenvalue weighted by Gasteiger charge is 2.24. The third-order valence-electron chi connectivity index (χ3n) is 3.03. The van der Waals surface area contributed by atoms with E-state index in [1.807, 2.05) is 18.2 Å². The fraction of sp³-hybridized carbons (Fsp3) is 0.571. The van der Waals surface area contributed by atoms with Crippen LogP contribution in [0.2, 0.25) is 0 Å². The molecule has 1 N–H and O–H groups in total. The Morgan fingerprint density at radius 1 is 1.18 bits per heavy atom. The van der Waals surface area contributed by atoms with E-state index in [-0.39, 0.29) is 0 Å². The molecule has 0 radical (unpaired) electrons. The van der Waals surface area contributed by atoms with Gasteiger partial charge < -0.3 is 4.74 Å². The second kappa shape index (κ2) is 6.15. The third-order valence-corrected chi connectivity index (χ3v) is 3.03. The van der Waals surface area contributed by atoms with Gasteiger partial charge in [0.05, 0.1) is 18.8 Å². The minimum absolute atomic E-state index is 0.316. The Balaban J connectivity index is 1.71. The van der Waals surface area contributed by atoms with Gasteiger partial charge in [-0.25, -0.2) is 0 Å². The van der Waals surface area contributed by atoms with Crippen molar-refractivity contribution in [1.82, 2.24) is 5.48 Å². The lowest BCUT2D eigenvalue weighted by Gasteiger charge is -2.32. The van der Waals surface area contributed by atoms with Gasteiger partial charge in [0.2, 0.25) is 0 Å². The summed E-state index contributed by atoms with van der Waals surface area (Å²) in [5, 5.41) is 0. The van der Waals surface area contributed by atoms with Gasteiger partial charge in [-0.05, 0) is 32.3 Å². The lowest BCUT2D eigenvalue weighted by molar-refractivity contribution is -0.0827.